The van der Waals surface area contributed by atoms with Crippen molar-refractivity contribution in [3.8, 4) is 5.75 Å². The zero-order chi connectivity index (χ0) is 12.8. The van der Waals surface area contributed by atoms with E-state index in [1.807, 2.05) is 12.1 Å². The highest BCUT2D eigenvalue weighted by Gasteiger charge is 2.18. The summed E-state index contributed by atoms with van der Waals surface area (Å²) >= 11 is 0. The number of benzene rings is 1. The molecular formula is C14H22N2O2. The van der Waals surface area contributed by atoms with Crippen LogP contribution in [0, 0.1) is 0 Å². The zero-order valence-corrected chi connectivity index (χ0v) is 11.2. The van der Waals surface area contributed by atoms with Crippen LogP contribution in [0.25, 0.3) is 0 Å². The molecule has 1 heterocycles. The first-order valence-electron chi connectivity index (χ1n) is 6.50. The minimum atomic E-state index is 0.519. The maximum atomic E-state index is 5.78. The van der Waals surface area contributed by atoms with E-state index in [-0.39, 0.29) is 0 Å². The Morgan fingerprint density at radius 2 is 2.17 bits per heavy atom. The van der Waals surface area contributed by atoms with Crippen LogP contribution in [-0.2, 0) is 4.74 Å². The molecule has 1 fully saturated rings. The van der Waals surface area contributed by atoms with Gasteiger partial charge in [-0.25, -0.2) is 0 Å². The summed E-state index contributed by atoms with van der Waals surface area (Å²) in [4.78, 5) is 2.38. The Hall–Kier alpha value is -1.26. The summed E-state index contributed by atoms with van der Waals surface area (Å²) in [5.41, 5.74) is 1.18. The maximum absolute atomic E-state index is 5.78. The SMILES string of the molecule is COCCOc1ccccc1N1CCNC(C)C1. The summed E-state index contributed by atoms with van der Waals surface area (Å²) in [6.45, 7) is 6.48. The van der Waals surface area contributed by atoms with E-state index in [1.165, 1.54) is 5.69 Å². The molecule has 0 aromatic heterocycles. The van der Waals surface area contributed by atoms with Crippen molar-refractivity contribution in [2.45, 2.75) is 13.0 Å². The van der Waals surface area contributed by atoms with Gasteiger partial charge in [-0.2, -0.15) is 0 Å². The van der Waals surface area contributed by atoms with E-state index in [9.17, 15) is 0 Å². The van der Waals surface area contributed by atoms with Gasteiger partial charge < -0.3 is 19.7 Å². The number of hydrogen-bond acceptors (Lipinski definition) is 4. The summed E-state index contributed by atoms with van der Waals surface area (Å²) in [6.07, 6.45) is 0. The van der Waals surface area contributed by atoms with Crippen LogP contribution in [0.15, 0.2) is 24.3 Å². The molecule has 0 bridgehead atoms. The van der Waals surface area contributed by atoms with Crippen LogP contribution in [0.5, 0.6) is 5.75 Å². The standard InChI is InChI=1S/C14H22N2O2/c1-12-11-16(8-7-15-12)13-5-3-4-6-14(13)18-10-9-17-2/h3-6,12,15H,7-11H2,1-2H3. The average molecular weight is 250 g/mol. The van der Waals surface area contributed by atoms with Crippen molar-refractivity contribution in [2.75, 3.05) is 44.9 Å². The van der Waals surface area contributed by atoms with Gasteiger partial charge >= 0.3 is 0 Å². The van der Waals surface area contributed by atoms with E-state index < -0.39 is 0 Å². The fraction of sp³-hybridized carbons (Fsp3) is 0.571. The van der Waals surface area contributed by atoms with E-state index in [1.54, 1.807) is 7.11 Å². The molecule has 1 aromatic carbocycles. The van der Waals surface area contributed by atoms with Crippen molar-refractivity contribution in [3.63, 3.8) is 0 Å². The predicted octanol–water partition coefficient (Wildman–Crippen LogP) is 1.51. The van der Waals surface area contributed by atoms with E-state index in [4.69, 9.17) is 9.47 Å². The summed E-state index contributed by atoms with van der Waals surface area (Å²) < 4.78 is 10.8. The second-order valence-electron chi connectivity index (χ2n) is 4.61. The fourth-order valence-corrected chi connectivity index (χ4v) is 2.23. The Balaban J connectivity index is 2.06. The van der Waals surface area contributed by atoms with E-state index in [2.05, 4.69) is 29.3 Å². The summed E-state index contributed by atoms with van der Waals surface area (Å²) in [5, 5.41) is 3.45. The number of piperazine rings is 1. The normalized spacial score (nSPS) is 19.9. The fourth-order valence-electron chi connectivity index (χ4n) is 2.23. The van der Waals surface area contributed by atoms with Crippen molar-refractivity contribution in [2.24, 2.45) is 0 Å². The number of ether oxygens (including phenoxy) is 2. The van der Waals surface area contributed by atoms with Gasteiger partial charge in [0.2, 0.25) is 0 Å². The highest BCUT2D eigenvalue weighted by molar-refractivity contribution is 5.58. The maximum Gasteiger partial charge on any atom is 0.142 e. The lowest BCUT2D eigenvalue weighted by Crippen LogP contribution is -2.49. The van der Waals surface area contributed by atoms with Crippen LogP contribution >= 0.6 is 0 Å². The minimum Gasteiger partial charge on any atom is -0.489 e. The van der Waals surface area contributed by atoms with Gasteiger partial charge in [0.25, 0.3) is 0 Å². The molecule has 100 valence electrons. The largest absolute Gasteiger partial charge is 0.489 e. The molecule has 18 heavy (non-hydrogen) atoms. The van der Waals surface area contributed by atoms with Gasteiger partial charge in [0.1, 0.15) is 12.4 Å². The van der Waals surface area contributed by atoms with Crippen molar-refractivity contribution in [1.82, 2.24) is 5.32 Å². The first-order chi connectivity index (χ1) is 8.81. The highest BCUT2D eigenvalue weighted by Crippen LogP contribution is 2.28. The molecule has 4 nitrogen and oxygen atoms in total. The van der Waals surface area contributed by atoms with Gasteiger partial charge in [0.15, 0.2) is 0 Å². The van der Waals surface area contributed by atoms with Crippen molar-refractivity contribution in [3.05, 3.63) is 24.3 Å². The number of anilines is 1. The quantitative estimate of drug-likeness (QED) is 0.803. The van der Waals surface area contributed by atoms with Gasteiger partial charge in [0.05, 0.1) is 12.3 Å². The molecule has 1 atom stereocenters. The first kappa shape index (κ1) is 13.2. The smallest absolute Gasteiger partial charge is 0.142 e. The summed E-state index contributed by atoms with van der Waals surface area (Å²) in [7, 11) is 1.69. The molecule has 4 heteroatoms. The lowest BCUT2D eigenvalue weighted by molar-refractivity contribution is 0.146. The number of nitrogens with zero attached hydrogens (tertiary/aromatic N) is 1. The molecule has 0 radical (unpaired) electrons. The Bertz CT molecular complexity index is 371. The molecule has 1 aromatic rings. The average Bonchev–Trinajstić information content (AvgIpc) is 2.40. The zero-order valence-electron chi connectivity index (χ0n) is 11.2. The lowest BCUT2D eigenvalue weighted by atomic mass is 10.2. The van der Waals surface area contributed by atoms with Crippen molar-refractivity contribution >= 4 is 5.69 Å². The third-order valence-electron chi connectivity index (χ3n) is 3.12. The molecule has 1 aliphatic heterocycles. The second-order valence-corrected chi connectivity index (χ2v) is 4.61. The number of hydrogen-bond donors (Lipinski definition) is 1. The minimum absolute atomic E-state index is 0.519. The Morgan fingerprint density at radius 1 is 1.33 bits per heavy atom. The third kappa shape index (κ3) is 3.37. The molecule has 1 saturated heterocycles. The summed E-state index contributed by atoms with van der Waals surface area (Å²) in [5.74, 6) is 0.948. The van der Waals surface area contributed by atoms with Gasteiger partial charge in [0, 0.05) is 32.8 Å². The van der Waals surface area contributed by atoms with E-state index >= 15 is 0 Å². The highest BCUT2D eigenvalue weighted by atomic mass is 16.5. The molecule has 0 aliphatic carbocycles. The topological polar surface area (TPSA) is 33.7 Å². The van der Waals surface area contributed by atoms with E-state index in [0.717, 1.165) is 25.4 Å². The predicted molar refractivity (Wildman–Crippen MR) is 73.5 cm³/mol. The van der Waals surface area contributed by atoms with Crippen LogP contribution in [0.4, 0.5) is 5.69 Å². The van der Waals surface area contributed by atoms with Gasteiger partial charge in [-0.1, -0.05) is 12.1 Å². The van der Waals surface area contributed by atoms with Crippen LogP contribution in [-0.4, -0.2) is 46.0 Å². The van der Waals surface area contributed by atoms with Crippen LogP contribution in [0.3, 0.4) is 0 Å². The number of nitrogens with one attached hydrogen (secondary N) is 1. The summed E-state index contributed by atoms with van der Waals surface area (Å²) in [6, 6.07) is 8.74. The molecule has 1 unspecified atom stereocenters. The van der Waals surface area contributed by atoms with Gasteiger partial charge in [-0.3, -0.25) is 0 Å². The van der Waals surface area contributed by atoms with Crippen LogP contribution in [0.1, 0.15) is 6.92 Å². The van der Waals surface area contributed by atoms with Crippen molar-refractivity contribution < 1.29 is 9.47 Å². The number of para-hydroxylation sites is 2. The molecule has 0 amide bonds. The van der Waals surface area contributed by atoms with Crippen molar-refractivity contribution in [1.29, 1.82) is 0 Å². The molecular weight excluding hydrogens is 228 g/mol. The van der Waals surface area contributed by atoms with Crippen LogP contribution < -0.4 is 15.0 Å². The van der Waals surface area contributed by atoms with Gasteiger partial charge in [-0.05, 0) is 19.1 Å². The van der Waals surface area contributed by atoms with Crippen LogP contribution in [0.2, 0.25) is 0 Å². The molecule has 0 spiro atoms. The monoisotopic (exact) mass is 250 g/mol. The second kappa shape index (κ2) is 6.61. The number of methoxy groups -OCH3 is 1. The Labute approximate surface area is 109 Å². The Morgan fingerprint density at radius 3 is 2.94 bits per heavy atom. The first-order valence-corrected chi connectivity index (χ1v) is 6.50. The molecule has 1 N–H and O–H groups in total. The molecule has 0 saturated carbocycles. The molecule has 2 rings (SSSR count). The third-order valence-corrected chi connectivity index (χ3v) is 3.12. The lowest BCUT2D eigenvalue weighted by Gasteiger charge is -2.34. The van der Waals surface area contributed by atoms with E-state index in [0.29, 0.717) is 19.3 Å². The number of rotatable bonds is 5. The molecule has 1 aliphatic rings. The van der Waals surface area contributed by atoms with Gasteiger partial charge in [-0.15, -0.1) is 0 Å². The Kier molecular flexibility index (Phi) is 4.84.